The largest absolute Gasteiger partial charge is 0.301 e. The standard InChI is InChI=1S/C23H31N3O2S/c1-22(2,20-11-9-19(10-12-20)18-7-5-4-6-8-18)26(29(24,27)28)23(3)17-25-15-13-21(23)14-16-25/h4-12,21H,13-17H2,1-3H3,(H2,24,27,28). The van der Waals surface area contributed by atoms with Crippen molar-refractivity contribution in [3.8, 4) is 11.1 Å². The SMILES string of the molecule is CC(C)(c1ccc(-c2ccccc2)cc1)N(C1(C)CN2CCC1CC2)S(N)(=O)=O. The Bertz CT molecular complexity index is 965. The molecule has 5 nitrogen and oxygen atoms in total. The van der Waals surface area contributed by atoms with Gasteiger partial charge in [0, 0.05) is 6.54 Å². The molecular weight excluding hydrogens is 382 g/mol. The summed E-state index contributed by atoms with van der Waals surface area (Å²) in [6.07, 6.45) is 2.04. The van der Waals surface area contributed by atoms with E-state index in [1.165, 1.54) is 0 Å². The molecule has 2 bridgehead atoms. The fourth-order valence-electron chi connectivity index (χ4n) is 5.59. The van der Waals surface area contributed by atoms with Crippen molar-refractivity contribution in [1.82, 2.24) is 9.21 Å². The molecule has 0 aliphatic carbocycles. The molecule has 2 aromatic carbocycles. The van der Waals surface area contributed by atoms with Crippen molar-refractivity contribution >= 4 is 10.2 Å². The summed E-state index contributed by atoms with van der Waals surface area (Å²) < 4.78 is 27.4. The number of rotatable bonds is 5. The number of fused-ring (bicyclic) bond motifs is 3. The maximum absolute atomic E-state index is 12.9. The molecule has 156 valence electrons. The van der Waals surface area contributed by atoms with E-state index in [2.05, 4.69) is 36.1 Å². The van der Waals surface area contributed by atoms with Crippen molar-refractivity contribution in [2.24, 2.45) is 11.1 Å². The van der Waals surface area contributed by atoms with E-state index in [0.717, 1.165) is 49.2 Å². The van der Waals surface area contributed by atoms with E-state index in [-0.39, 0.29) is 0 Å². The van der Waals surface area contributed by atoms with Gasteiger partial charge in [0.15, 0.2) is 0 Å². The first-order valence-electron chi connectivity index (χ1n) is 10.3. The van der Waals surface area contributed by atoms with Gasteiger partial charge in [0.2, 0.25) is 0 Å². The lowest BCUT2D eigenvalue weighted by Gasteiger charge is -2.58. The second-order valence-corrected chi connectivity index (χ2v) is 10.6. The molecule has 3 heterocycles. The summed E-state index contributed by atoms with van der Waals surface area (Å²) >= 11 is 0. The summed E-state index contributed by atoms with van der Waals surface area (Å²) in [6, 6.07) is 18.4. The van der Waals surface area contributed by atoms with E-state index in [0.29, 0.717) is 5.92 Å². The Morgan fingerprint density at radius 2 is 1.55 bits per heavy atom. The maximum atomic E-state index is 12.9. The first-order chi connectivity index (χ1) is 13.6. The van der Waals surface area contributed by atoms with Crippen LogP contribution in [0.15, 0.2) is 54.6 Å². The van der Waals surface area contributed by atoms with Gasteiger partial charge in [0.1, 0.15) is 0 Å². The Kier molecular flexibility index (Phi) is 5.10. The van der Waals surface area contributed by atoms with Crippen molar-refractivity contribution in [3.05, 3.63) is 60.2 Å². The van der Waals surface area contributed by atoms with Gasteiger partial charge in [0.25, 0.3) is 10.2 Å². The molecule has 0 radical (unpaired) electrons. The first-order valence-corrected chi connectivity index (χ1v) is 11.8. The van der Waals surface area contributed by atoms with Crippen molar-refractivity contribution in [2.75, 3.05) is 19.6 Å². The van der Waals surface area contributed by atoms with Crippen molar-refractivity contribution in [2.45, 2.75) is 44.7 Å². The van der Waals surface area contributed by atoms with Crippen LogP contribution in [0.5, 0.6) is 0 Å². The lowest BCUT2D eigenvalue weighted by Crippen LogP contribution is -2.70. The predicted octanol–water partition coefficient (Wildman–Crippen LogP) is 3.58. The molecule has 5 rings (SSSR count). The van der Waals surface area contributed by atoms with E-state index >= 15 is 0 Å². The van der Waals surface area contributed by atoms with Gasteiger partial charge >= 0.3 is 0 Å². The Balaban J connectivity index is 1.73. The smallest absolute Gasteiger partial charge is 0.278 e. The molecule has 0 spiro atoms. The number of hydrogen-bond acceptors (Lipinski definition) is 3. The second kappa shape index (κ2) is 7.20. The molecule has 0 saturated carbocycles. The molecule has 3 saturated heterocycles. The van der Waals surface area contributed by atoms with Gasteiger partial charge in [-0.2, -0.15) is 12.7 Å². The van der Waals surface area contributed by atoms with Crippen LogP contribution in [0.4, 0.5) is 0 Å². The number of benzene rings is 2. The van der Waals surface area contributed by atoms with Crippen molar-refractivity contribution in [3.63, 3.8) is 0 Å². The molecule has 6 heteroatoms. The molecule has 3 aliphatic rings. The quantitative estimate of drug-likeness (QED) is 0.815. The molecule has 29 heavy (non-hydrogen) atoms. The first kappa shape index (κ1) is 20.5. The molecule has 3 fully saturated rings. The monoisotopic (exact) mass is 413 g/mol. The Hall–Kier alpha value is -1.73. The minimum atomic E-state index is -3.91. The molecule has 2 N–H and O–H groups in total. The van der Waals surface area contributed by atoms with Crippen LogP contribution in [-0.4, -0.2) is 42.8 Å². The zero-order chi connectivity index (χ0) is 20.9. The summed E-state index contributed by atoms with van der Waals surface area (Å²) in [5.41, 5.74) is 1.94. The third kappa shape index (κ3) is 3.63. The summed E-state index contributed by atoms with van der Waals surface area (Å²) in [4.78, 5) is 2.37. The van der Waals surface area contributed by atoms with Crippen LogP contribution in [0.1, 0.15) is 39.2 Å². The molecule has 2 aromatic rings. The molecular formula is C23H31N3O2S. The summed E-state index contributed by atoms with van der Waals surface area (Å²) in [5, 5.41) is 5.85. The second-order valence-electron chi connectivity index (χ2n) is 9.22. The lowest BCUT2D eigenvalue weighted by atomic mass is 9.72. The normalized spacial score (nSPS) is 27.3. The maximum Gasteiger partial charge on any atom is 0.278 e. The Morgan fingerprint density at radius 3 is 2.03 bits per heavy atom. The van der Waals surface area contributed by atoms with Gasteiger partial charge in [-0.1, -0.05) is 54.6 Å². The van der Waals surface area contributed by atoms with Gasteiger partial charge in [-0.25, -0.2) is 5.14 Å². The van der Waals surface area contributed by atoms with Gasteiger partial charge in [0.05, 0.1) is 11.1 Å². The average Bonchev–Trinajstić information content (AvgIpc) is 2.68. The van der Waals surface area contributed by atoms with Crippen LogP contribution in [0.3, 0.4) is 0 Å². The molecule has 0 aromatic heterocycles. The summed E-state index contributed by atoms with van der Waals surface area (Å²) in [5.74, 6) is 0.327. The minimum Gasteiger partial charge on any atom is -0.301 e. The highest BCUT2D eigenvalue weighted by molar-refractivity contribution is 7.86. The minimum absolute atomic E-state index is 0.327. The van der Waals surface area contributed by atoms with Crippen molar-refractivity contribution in [1.29, 1.82) is 0 Å². The highest BCUT2D eigenvalue weighted by Crippen LogP contribution is 2.46. The summed E-state index contributed by atoms with van der Waals surface area (Å²) in [7, 11) is -3.91. The lowest BCUT2D eigenvalue weighted by molar-refractivity contribution is -0.0568. The van der Waals surface area contributed by atoms with Crippen LogP contribution in [0.2, 0.25) is 0 Å². The molecule has 1 atom stereocenters. The predicted molar refractivity (Wildman–Crippen MR) is 117 cm³/mol. The van der Waals surface area contributed by atoms with Crippen LogP contribution in [-0.2, 0) is 15.7 Å². The van der Waals surface area contributed by atoms with Gasteiger partial charge in [-0.3, -0.25) is 0 Å². The Labute approximate surface area is 174 Å². The molecule has 3 aliphatic heterocycles. The van der Waals surface area contributed by atoms with Crippen LogP contribution < -0.4 is 5.14 Å². The number of nitrogens with two attached hydrogens (primary N) is 1. The van der Waals surface area contributed by atoms with E-state index in [4.69, 9.17) is 5.14 Å². The Morgan fingerprint density at radius 1 is 1.00 bits per heavy atom. The number of piperidine rings is 3. The number of hydrogen-bond donors (Lipinski definition) is 1. The van der Waals surface area contributed by atoms with E-state index < -0.39 is 21.3 Å². The average molecular weight is 414 g/mol. The van der Waals surface area contributed by atoms with Crippen LogP contribution >= 0.6 is 0 Å². The van der Waals surface area contributed by atoms with E-state index in [1.54, 1.807) is 4.31 Å². The van der Waals surface area contributed by atoms with Crippen LogP contribution in [0.25, 0.3) is 11.1 Å². The van der Waals surface area contributed by atoms with E-state index in [9.17, 15) is 8.42 Å². The summed E-state index contributed by atoms with van der Waals surface area (Å²) in [6.45, 7) is 8.85. The molecule has 1 unspecified atom stereocenters. The van der Waals surface area contributed by atoms with Crippen LogP contribution in [0, 0.1) is 5.92 Å². The third-order valence-corrected chi connectivity index (χ3v) is 8.32. The third-order valence-electron chi connectivity index (χ3n) is 6.94. The van der Waals surface area contributed by atoms with Gasteiger partial charge in [-0.05, 0) is 69.3 Å². The molecule has 0 amide bonds. The van der Waals surface area contributed by atoms with Crippen molar-refractivity contribution < 1.29 is 8.42 Å². The van der Waals surface area contributed by atoms with Gasteiger partial charge < -0.3 is 4.90 Å². The number of nitrogens with zero attached hydrogens (tertiary/aromatic N) is 2. The fourth-order valence-corrected chi connectivity index (χ4v) is 7.12. The highest BCUT2D eigenvalue weighted by Gasteiger charge is 2.55. The highest BCUT2D eigenvalue weighted by atomic mass is 32.2. The fraction of sp³-hybridized carbons (Fsp3) is 0.478. The van der Waals surface area contributed by atoms with E-state index in [1.807, 2.05) is 44.2 Å². The van der Waals surface area contributed by atoms with Gasteiger partial charge in [-0.15, -0.1) is 0 Å². The topological polar surface area (TPSA) is 66.6 Å². The zero-order valence-electron chi connectivity index (χ0n) is 17.5. The zero-order valence-corrected chi connectivity index (χ0v) is 18.3.